The zero-order valence-electron chi connectivity index (χ0n) is 15.4. The van der Waals surface area contributed by atoms with Crippen LogP contribution in [0.5, 0.6) is 0 Å². The van der Waals surface area contributed by atoms with Crippen LogP contribution in [0.2, 0.25) is 0 Å². The van der Waals surface area contributed by atoms with Gasteiger partial charge in [0.25, 0.3) is 0 Å². The maximum Gasteiger partial charge on any atom is 0.171 e. The summed E-state index contributed by atoms with van der Waals surface area (Å²) < 4.78 is 11.6. The van der Waals surface area contributed by atoms with E-state index in [4.69, 9.17) is 9.47 Å². The molecule has 0 amide bonds. The van der Waals surface area contributed by atoms with E-state index in [1.54, 1.807) is 6.33 Å². The third kappa shape index (κ3) is 3.52. The second-order valence-corrected chi connectivity index (χ2v) is 7.22. The molecule has 0 radical (unpaired) electrons. The predicted molar refractivity (Wildman–Crippen MR) is 102 cm³/mol. The summed E-state index contributed by atoms with van der Waals surface area (Å²) in [6, 6.07) is 10.4. The van der Waals surface area contributed by atoms with Gasteiger partial charge in [0.05, 0.1) is 13.2 Å². The zero-order chi connectivity index (χ0) is 18.0. The summed E-state index contributed by atoms with van der Waals surface area (Å²) in [6.07, 6.45) is 3.37. The van der Waals surface area contributed by atoms with Gasteiger partial charge in [0.2, 0.25) is 0 Å². The number of benzene rings is 1. The summed E-state index contributed by atoms with van der Waals surface area (Å²) in [5, 5.41) is 3.45. The van der Waals surface area contributed by atoms with E-state index in [1.807, 2.05) is 12.1 Å². The van der Waals surface area contributed by atoms with E-state index in [0.717, 1.165) is 43.3 Å². The summed E-state index contributed by atoms with van der Waals surface area (Å²) in [5.41, 5.74) is 2.38. The molecule has 1 spiro atoms. The second-order valence-electron chi connectivity index (χ2n) is 7.22. The maximum absolute atomic E-state index is 5.81. The summed E-state index contributed by atoms with van der Waals surface area (Å²) in [7, 11) is 0. The number of ether oxygens (including phenoxy) is 2. The first kappa shape index (κ1) is 17.2. The molecular weight excluding hydrogens is 328 g/mol. The fourth-order valence-electron chi connectivity index (χ4n) is 3.70. The molecule has 4 rings (SSSR count). The van der Waals surface area contributed by atoms with Gasteiger partial charge >= 0.3 is 0 Å². The Kier molecular flexibility index (Phi) is 4.78. The molecule has 0 aliphatic carbocycles. The predicted octanol–water partition coefficient (Wildman–Crippen LogP) is 3.69. The van der Waals surface area contributed by atoms with Crippen LogP contribution in [-0.2, 0) is 9.47 Å². The Morgan fingerprint density at radius 3 is 2.54 bits per heavy atom. The molecule has 2 aliphatic rings. The molecule has 6 nitrogen and oxygen atoms in total. The lowest BCUT2D eigenvalue weighted by Crippen LogP contribution is -2.45. The van der Waals surface area contributed by atoms with Crippen LogP contribution in [0.15, 0.2) is 36.7 Å². The first-order valence-corrected chi connectivity index (χ1v) is 9.36. The summed E-state index contributed by atoms with van der Waals surface area (Å²) in [4.78, 5) is 11.1. The van der Waals surface area contributed by atoms with E-state index < -0.39 is 0 Å². The quantitative estimate of drug-likeness (QED) is 0.904. The van der Waals surface area contributed by atoms with Crippen LogP contribution >= 0.6 is 0 Å². The topological polar surface area (TPSA) is 59.5 Å². The molecular formula is C20H26N4O2. The van der Waals surface area contributed by atoms with Crippen molar-refractivity contribution in [3.05, 3.63) is 42.2 Å². The molecule has 26 heavy (non-hydrogen) atoms. The minimum atomic E-state index is -0.360. The van der Waals surface area contributed by atoms with Gasteiger partial charge in [0.1, 0.15) is 18.0 Å². The summed E-state index contributed by atoms with van der Waals surface area (Å²) in [5.74, 6) is 1.85. The van der Waals surface area contributed by atoms with Crippen molar-refractivity contribution in [1.82, 2.24) is 9.97 Å². The number of hydrogen-bond acceptors (Lipinski definition) is 6. The van der Waals surface area contributed by atoms with Crippen LogP contribution in [0.4, 0.5) is 17.3 Å². The van der Waals surface area contributed by atoms with Gasteiger partial charge in [-0.05, 0) is 17.5 Å². The van der Waals surface area contributed by atoms with E-state index in [2.05, 4.69) is 52.2 Å². The molecule has 3 heterocycles. The van der Waals surface area contributed by atoms with Crippen LogP contribution in [0.1, 0.15) is 38.2 Å². The van der Waals surface area contributed by atoms with E-state index in [0.29, 0.717) is 19.1 Å². The Morgan fingerprint density at radius 1 is 1.08 bits per heavy atom. The molecule has 0 bridgehead atoms. The monoisotopic (exact) mass is 354 g/mol. The molecule has 2 saturated heterocycles. The fourth-order valence-corrected chi connectivity index (χ4v) is 3.70. The number of nitrogens with zero attached hydrogens (tertiary/aromatic N) is 3. The Hall–Kier alpha value is -2.18. The molecule has 0 unspecified atom stereocenters. The highest BCUT2D eigenvalue weighted by molar-refractivity contribution is 5.63. The van der Waals surface area contributed by atoms with Crippen LogP contribution < -0.4 is 10.2 Å². The summed E-state index contributed by atoms with van der Waals surface area (Å²) >= 11 is 0. The molecule has 1 aromatic heterocycles. The van der Waals surface area contributed by atoms with Crippen molar-refractivity contribution in [2.45, 2.75) is 38.4 Å². The molecule has 2 aliphatic heterocycles. The second kappa shape index (κ2) is 7.21. The molecule has 6 heteroatoms. The number of anilines is 3. The van der Waals surface area contributed by atoms with Gasteiger partial charge in [-0.2, -0.15) is 0 Å². The van der Waals surface area contributed by atoms with E-state index in [-0.39, 0.29) is 5.79 Å². The molecule has 2 fully saturated rings. The average molecular weight is 354 g/mol. The number of nitrogens with one attached hydrogen (secondary N) is 1. The maximum atomic E-state index is 5.81. The lowest BCUT2D eigenvalue weighted by atomic mass is 10.0. The van der Waals surface area contributed by atoms with Crippen molar-refractivity contribution >= 4 is 17.3 Å². The average Bonchev–Trinajstić information content (AvgIpc) is 3.11. The standard InChI is InChI=1S/C20H26N4O2/c1-15(2)16-5-3-4-6-17(16)23-18-13-19(22-14-21-18)24-9-7-20(8-10-24)25-11-12-26-20/h3-6,13-15H,7-12H2,1-2H3,(H,21,22,23). The van der Waals surface area contributed by atoms with Gasteiger partial charge in [-0.3, -0.25) is 0 Å². The smallest absolute Gasteiger partial charge is 0.171 e. The lowest BCUT2D eigenvalue weighted by Gasteiger charge is -2.38. The normalized spacial score (nSPS) is 19.3. The number of rotatable bonds is 4. The number of para-hydroxylation sites is 1. The summed E-state index contributed by atoms with van der Waals surface area (Å²) in [6.45, 7) is 7.55. The highest BCUT2D eigenvalue weighted by Crippen LogP contribution is 2.33. The largest absolute Gasteiger partial charge is 0.356 e. The van der Waals surface area contributed by atoms with Crippen LogP contribution in [-0.4, -0.2) is 42.1 Å². The molecule has 2 aromatic rings. The van der Waals surface area contributed by atoms with Crippen molar-refractivity contribution in [2.24, 2.45) is 0 Å². The Morgan fingerprint density at radius 2 is 1.81 bits per heavy atom. The van der Waals surface area contributed by atoms with Gasteiger partial charge in [-0.15, -0.1) is 0 Å². The Labute approximate surface area is 154 Å². The molecule has 0 saturated carbocycles. The highest BCUT2D eigenvalue weighted by Gasteiger charge is 2.40. The van der Waals surface area contributed by atoms with E-state index >= 15 is 0 Å². The van der Waals surface area contributed by atoms with Gasteiger partial charge in [-0.1, -0.05) is 32.0 Å². The first-order valence-electron chi connectivity index (χ1n) is 9.36. The Bertz CT molecular complexity index is 749. The van der Waals surface area contributed by atoms with Crippen molar-refractivity contribution < 1.29 is 9.47 Å². The third-order valence-electron chi connectivity index (χ3n) is 5.16. The highest BCUT2D eigenvalue weighted by atomic mass is 16.7. The van der Waals surface area contributed by atoms with E-state index in [1.165, 1.54) is 5.56 Å². The first-order chi connectivity index (χ1) is 12.7. The van der Waals surface area contributed by atoms with Gasteiger partial charge < -0.3 is 19.7 Å². The zero-order valence-corrected chi connectivity index (χ0v) is 15.4. The van der Waals surface area contributed by atoms with Crippen LogP contribution in [0.25, 0.3) is 0 Å². The van der Waals surface area contributed by atoms with E-state index in [9.17, 15) is 0 Å². The van der Waals surface area contributed by atoms with Crippen molar-refractivity contribution in [3.63, 3.8) is 0 Å². The van der Waals surface area contributed by atoms with Gasteiger partial charge in [0, 0.05) is 37.7 Å². The van der Waals surface area contributed by atoms with Crippen molar-refractivity contribution in [2.75, 3.05) is 36.5 Å². The van der Waals surface area contributed by atoms with Crippen molar-refractivity contribution in [1.29, 1.82) is 0 Å². The minimum absolute atomic E-state index is 0.360. The minimum Gasteiger partial charge on any atom is -0.356 e. The van der Waals surface area contributed by atoms with Gasteiger partial charge in [0.15, 0.2) is 5.79 Å². The molecule has 1 N–H and O–H groups in total. The van der Waals surface area contributed by atoms with Gasteiger partial charge in [-0.25, -0.2) is 9.97 Å². The Balaban J connectivity index is 1.48. The molecule has 1 aromatic carbocycles. The fraction of sp³-hybridized carbons (Fsp3) is 0.500. The lowest BCUT2D eigenvalue weighted by molar-refractivity contribution is -0.169. The molecule has 138 valence electrons. The number of hydrogen-bond donors (Lipinski definition) is 1. The van der Waals surface area contributed by atoms with Crippen molar-refractivity contribution in [3.8, 4) is 0 Å². The van der Waals surface area contributed by atoms with Crippen LogP contribution in [0, 0.1) is 0 Å². The third-order valence-corrected chi connectivity index (χ3v) is 5.16. The SMILES string of the molecule is CC(C)c1ccccc1Nc1cc(N2CCC3(CC2)OCCO3)ncn1. The molecule has 0 atom stereocenters. The number of aromatic nitrogens is 2. The number of piperidine rings is 1. The van der Waals surface area contributed by atoms with Crippen LogP contribution in [0.3, 0.4) is 0 Å².